The van der Waals surface area contributed by atoms with Crippen LogP contribution in [0.5, 0.6) is 5.75 Å². The van der Waals surface area contributed by atoms with E-state index in [2.05, 4.69) is 16.4 Å². The van der Waals surface area contributed by atoms with Gasteiger partial charge in [0.2, 0.25) is 0 Å². The van der Waals surface area contributed by atoms with Gasteiger partial charge in [0.15, 0.2) is 5.17 Å². The molecular formula is C18H15ClN2O2S. The lowest BCUT2D eigenvalue weighted by Gasteiger charge is -2.01. The molecule has 0 radical (unpaired) electrons. The van der Waals surface area contributed by atoms with Crippen molar-refractivity contribution in [1.29, 1.82) is 0 Å². The number of halogens is 1. The molecule has 2 aromatic rings. The van der Waals surface area contributed by atoms with Gasteiger partial charge in [-0.2, -0.15) is 0 Å². The third-order valence-electron chi connectivity index (χ3n) is 3.36. The number of rotatable bonds is 2. The molecule has 0 unspecified atom stereocenters. The van der Waals surface area contributed by atoms with Gasteiger partial charge in [0.25, 0.3) is 5.91 Å². The molecule has 6 heteroatoms. The average molecular weight is 359 g/mol. The highest BCUT2D eigenvalue weighted by Crippen LogP contribution is 2.31. The smallest absolute Gasteiger partial charge is 0.264 e. The highest BCUT2D eigenvalue weighted by Gasteiger charge is 2.24. The maximum atomic E-state index is 12.1. The number of carbonyl (C=O) groups is 1. The summed E-state index contributed by atoms with van der Waals surface area (Å²) in [7, 11) is 0. The molecule has 0 bridgehead atoms. The first-order valence-electron chi connectivity index (χ1n) is 7.27. The largest absolute Gasteiger partial charge is 0.507 e. The summed E-state index contributed by atoms with van der Waals surface area (Å²) < 4.78 is 0. The van der Waals surface area contributed by atoms with Crippen LogP contribution in [0.1, 0.15) is 16.7 Å². The number of aromatic hydroxyl groups is 1. The Morgan fingerprint density at radius 1 is 1.17 bits per heavy atom. The summed E-state index contributed by atoms with van der Waals surface area (Å²) in [6.45, 7) is 4.01. The van der Waals surface area contributed by atoms with E-state index in [0.29, 0.717) is 20.7 Å². The van der Waals surface area contributed by atoms with Crippen LogP contribution in [0.2, 0.25) is 5.02 Å². The third-order valence-corrected chi connectivity index (χ3v) is 4.51. The number of benzene rings is 2. The fraction of sp³-hybridized carbons (Fsp3) is 0.111. The van der Waals surface area contributed by atoms with E-state index in [-0.39, 0.29) is 11.7 Å². The number of aliphatic imine (C=N–C) groups is 1. The van der Waals surface area contributed by atoms with Crippen molar-refractivity contribution in [2.45, 2.75) is 13.8 Å². The van der Waals surface area contributed by atoms with Gasteiger partial charge < -0.3 is 10.4 Å². The molecule has 0 aromatic heterocycles. The number of nitrogens with one attached hydrogen (secondary N) is 1. The van der Waals surface area contributed by atoms with Crippen LogP contribution in [0.4, 0.5) is 5.69 Å². The Bertz CT molecular complexity index is 870. The number of carbonyl (C=O) groups excluding carboxylic acids is 1. The van der Waals surface area contributed by atoms with Crippen molar-refractivity contribution >= 4 is 46.2 Å². The van der Waals surface area contributed by atoms with E-state index in [0.717, 1.165) is 16.8 Å². The number of aryl methyl sites for hydroxylation is 2. The SMILES string of the molecule is Cc1cc(C)cc(N=C2NC(=O)C(=Cc3cc(Cl)ccc3O)S2)c1. The first-order chi connectivity index (χ1) is 11.4. The highest BCUT2D eigenvalue weighted by molar-refractivity contribution is 8.18. The zero-order chi connectivity index (χ0) is 17.3. The Morgan fingerprint density at radius 3 is 2.58 bits per heavy atom. The number of hydrogen-bond donors (Lipinski definition) is 2. The number of amides is 1. The van der Waals surface area contributed by atoms with Crippen molar-refractivity contribution in [3.63, 3.8) is 0 Å². The van der Waals surface area contributed by atoms with Crippen LogP contribution in [-0.2, 0) is 4.79 Å². The standard InChI is InChI=1S/C18H15ClN2O2S/c1-10-5-11(2)7-14(6-10)20-18-21-17(23)16(24-18)9-12-8-13(19)3-4-15(12)22/h3-9,22H,1-2H3,(H,20,21,23). The van der Waals surface area contributed by atoms with Gasteiger partial charge in [0.05, 0.1) is 10.6 Å². The Balaban J connectivity index is 1.89. The lowest BCUT2D eigenvalue weighted by molar-refractivity contribution is -0.115. The number of phenolic OH excluding ortho intramolecular Hbond substituents is 1. The number of nitrogens with zero attached hydrogens (tertiary/aromatic N) is 1. The van der Waals surface area contributed by atoms with Crippen LogP contribution in [0.25, 0.3) is 6.08 Å². The van der Waals surface area contributed by atoms with E-state index in [1.54, 1.807) is 18.2 Å². The monoisotopic (exact) mass is 358 g/mol. The minimum atomic E-state index is -0.248. The summed E-state index contributed by atoms with van der Waals surface area (Å²) in [6, 6.07) is 10.7. The zero-order valence-corrected chi connectivity index (χ0v) is 14.7. The summed E-state index contributed by atoms with van der Waals surface area (Å²) >= 11 is 7.16. The van der Waals surface area contributed by atoms with Crippen molar-refractivity contribution in [3.05, 3.63) is 63.0 Å². The lowest BCUT2D eigenvalue weighted by atomic mass is 10.1. The Morgan fingerprint density at radius 2 is 1.88 bits per heavy atom. The Kier molecular flexibility index (Phi) is 4.64. The molecule has 3 rings (SSSR count). The second-order valence-corrected chi connectivity index (χ2v) is 7.00. The first kappa shape index (κ1) is 16.6. The van der Waals surface area contributed by atoms with Gasteiger partial charge in [0.1, 0.15) is 5.75 Å². The summed E-state index contributed by atoms with van der Waals surface area (Å²) in [5.74, 6) is -0.178. The molecule has 0 atom stereocenters. The summed E-state index contributed by atoms with van der Waals surface area (Å²) in [4.78, 5) is 17.0. The van der Waals surface area contributed by atoms with Crippen LogP contribution >= 0.6 is 23.4 Å². The van der Waals surface area contributed by atoms with E-state index in [9.17, 15) is 9.90 Å². The molecule has 1 saturated heterocycles. The topological polar surface area (TPSA) is 61.7 Å². The van der Waals surface area contributed by atoms with Gasteiger partial charge >= 0.3 is 0 Å². The predicted molar refractivity (Wildman–Crippen MR) is 99.8 cm³/mol. The minimum absolute atomic E-state index is 0.0694. The number of hydrogen-bond acceptors (Lipinski definition) is 4. The molecule has 1 heterocycles. The van der Waals surface area contributed by atoms with Gasteiger partial charge in [0, 0.05) is 10.6 Å². The third kappa shape index (κ3) is 3.80. The molecule has 0 spiro atoms. The molecule has 1 aliphatic heterocycles. The van der Waals surface area contributed by atoms with Crippen LogP contribution in [0.3, 0.4) is 0 Å². The molecule has 24 heavy (non-hydrogen) atoms. The minimum Gasteiger partial charge on any atom is -0.507 e. The molecule has 0 saturated carbocycles. The van der Waals surface area contributed by atoms with Crippen LogP contribution in [0, 0.1) is 13.8 Å². The fourth-order valence-electron chi connectivity index (χ4n) is 2.40. The second kappa shape index (κ2) is 6.71. The molecule has 0 aliphatic carbocycles. The van der Waals surface area contributed by atoms with Crippen molar-refractivity contribution in [2.75, 3.05) is 0 Å². The van der Waals surface area contributed by atoms with E-state index in [4.69, 9.17) is 11.6 Å². The average Bonchev–Trinajstić information content (AvgIpc) is 2.81. The molecule has 1 fully saturated rings. The van der Waals surface area contributed by atoms with Crippen molar-refractivity contribution < 1.29 is 9.90 Å². The van der Waals surface area contributed by atoms with Gasteiger partial charge in [-0.15, -0.1) is 0 Å². The normalized spacial score (nSPS) is 17.5. The van der Waals surface area contributed by atoms with Crippen LogP contribution < -0.4 is 5.32 Å². The first-order valence-corrected chi connectivity index (χ1v) is 8.46. The number of thioether (sulfide) groups is 1. The van der Waals surface area contributed by atoms with E-state index >= 15 is 0 Å². The van der Waals surface area contributed by atoms with E-state index in [1.807, 2.05) is 26.0 Å². The maximum Gasteiger partial charge on any atom is 0.264 e. The molecule has 122 valence electrons. The number of phenols is 1. The van der Waals surface area contributed by atoms with Crippen LogP contribution in [0.15, 0.2) is 46.3 Å². The molecule has 1 aliphatic rings. The lowest BCUT2D eigenvalue weighted by Crippen LogP contribution is -2.19. The summed E-state index contributed by atoms with van der Waals surface area (Å²) in [6.07, 6.45) is 1.60. The molecule has 1 amide bonds. The summed E-state index contributed by atoms with van der Waals surface area (Å²) in [5, 5.41) is 13.6. The van der Waals surface area contributed by atoms with Gasteiger partial charge in [-0.3, -0.25) is 4.79 Å². The van der Waals surface area contributed by atoms with Crippen LogP contribution in [-0.4, -0.2) is 16.2 Å². The van der Waals surface area contributed by atoms with E-state index in [1.165, 1.54) is 17.8 Å². The molecular weight excluding hydrogens is 344 g/mol. The molecule has 4 nitrogen and oxygen atoms in total. The molecule has 2 N–H and O–H groups in total. The van der Waals surface area contributed by atoms with Gasteiger partial charge in [-0.25, -0.2) is 4.99 Å². The quantitative estimate of drug-likeness (QED) is 0.774. The van der Waals surface area contributed by atoms with Crippen molar-refractivity contribution in [2.24, 2.45) is 4.99 Å². The maximum absolute atomic E-state index is 12.1. The fourth-order valence-corrected chi connectivity index (χ4v) is 3.41. The van der Waals surface area contributed by atoms with E-state index < -0.39 is 0 Å². The van der Waals surface area contributed by atoms with Crippen molar-refractivity contribution in [3.8, 4) is 5.75 Å². The molecule has 2 aromatic carbocycles. The highest BCUT2D eigenvalue weighted by atomic mass is 35.5. The predicted octanol–water partition coefficient (Wildman–Crippen LogP) is 4.55. The number of amidine groups is 1. The zero-order valence-electron chi connectivity index (χ0n) is 13.1. The summed E-state index contributed by atoms with van der Waals surface area (Å²) in [5.41, 5.74) is 3.52. The Labute approximate surface area is 149 Å². The Hall–Kier alpha value is -2.24. The van der Waals surface area contributed by atoms with Crippen molar-refractivity contribution in [1.82, 2.24) is 5.32 Å². The van der Waals surface area contributed by atoms with Gasteiger partial charge in [-0.05, 0) is 73.1 Å². The second-order valence-electron chi connectivity index (χ2n) is 5.53. The van der Waals surface area contributed by atoms with Gasteiger partial charge in [-0.1, -0.05) is 17.7 Å².